The van der Waals surface area contributed by atoms with Crippen LogP contribution in [-0.2, 0) is 14.4 Å². The first-order valence-corrected chi connectivity index (χ1v) is 8.57. The molecule has 2 amide bonds. The lowest BCUT2D eigenvalue weighted by Crippen LogP contribution is -2.29. The van der Waals surface area contributed by atoms with E-state index in [1.165, 1.54) is 16.7 Å². The summed E-state index contributed by atoms with van der Waals surface area (Å²) in [6.07, 6.45) is 2.04. The number of primary amides is 1. The van der Waals surface area contributed by atoms with E-state index in [1.807, 2.05) is 0 Å². The van der Waals surface area contributed by atoms with Crippen molar-refractivity contribution in [2.75, 3.05) is 13.2 Å². The lowest BCUT2D eigenvalue weighted by Gasteiger charge is -2.13. The molecule has 0 aliphatic carbocycles. The number of rotatable bonds is 8. The maximum absolute atomic E-state index is 12.4. The van der Waals surface area contributed by atoms with Crippen LogP contribution in [0.5, 0.6) is 5.75 Å². The molecule has 1 aromatic carbocycles. The Morgan fingerprint density at radius 2 is 2.00 bits per heavy atom. The van der Waals surface area contributed by atoms with Gasteiger partial charge in [0.15, 0.2) is 6.61 Å². The van der Waals surface area contributed by atoms with Crippen LogP contribution in [0.3, 0.4) is 0 Å². The lowest BCUT2D eigenvalue weighted by atomic mass is 10.2. The molecule has 0 bridgehead atoms. The number of carbonyl (C=O) groups is 3. The number of ether oxygens (including phenoxy) is 1. The van der Waals surface area contributed by atoms with Crippen molar-refractivity contribution in [3.8, 4) is 5.75 Å². The van der Waals surface area contributed by atoms with Crippen molar-refractivity contribution in [3.05, 3.63) is 34.7 Å². The van der Waals surface area contributed by atoms with Crippen LogP contribution in [0.4, 0.5) is 0 Å². The van der Waals surface area contributed by atoms with Crippen LogP contribution < -0.4 is 10.5 Å². The average molecular weight is 380 g/mol. The van der Waals surface area contributed by atoms with Crippen LogP contribution in [0.2, 0.25) is 0 Å². The van der Waals surface area contributed by atoms with Gasteiger partial charge in [0.2, 0.25) is 0 Å². The molecule has 0 saturated carbocycles. The summed E-state index contributed by atoms with van der Waals surface area (Å²) >= 11 is 6.37. The summed E-state index contributed by atoms with van der Waals surface area (Å²) in [6, 6.07) is 6.82. The Morgan fingerprint density at radius 3 is 2.60 bits per heavy atom. The molecule has 9 heteroatoms. The summed E-state index contributed by atoms with van der Waals surface area (Å²) < 4.78 is 5.59. The first kappa shape index (κ1) is 18.9. The summed E-state index contributed by atoms with van der Waals surface area (Å²) in [5.41, 5.74) is 5.78. The Morgan fingerprint density at radius 1 is 1.32 bits per heavy atom. The number of hydrogen-bond donors (Lipinski definition) is 2. The molecular formula is C16H16N2O5S2. The molecule has 1 aliphatic rings. The first-order chi connectivity index (χ1) is 11.9. The van der Waals surface area contributed by atoms with E-state index in [4.69, 9.17) is 27.8 Å². The standard InChI is InChI=1S/C16H16N2O5S2/c17-13(19)9-23-11-5-3-10(4-6-11)8-12-15(22)18(16(24)25-12)7-1-2-14(20)21/h3-6,8H,1-2,7,9H2,(H2,17,19)(H,20,21)/b12-8+. The van der Waals surface area contributed by atoms with Gasteiger partial charge >= 0.3 is 5.97 Å². The van der Waals surface area contributed by atoms with Gasteiger partial charge in [-0.25, -0.2) is 0 Å². The number of hydrogen-bond acceptors (Lipinski definition) is 6. The fraction of sp³-hybridized carbons (Fsp3) is 0.250. The van der Waals surface area contributed by atoms with E-state index in [0.717, 1.165) is 5.56 Å². The highest BCUT2D eigenvalue weighted by atomic mass is 32.2. The number of carboxylic acids is 1. The SMILES string of the molecule is NC(=O)COc1ccc(/C=C2/SC(=S)N(CCCC(=O)O)C2=O)cc1. The Bertz CT molecular complexity index is 731. The molecule has 0 unspecified atom stereocenters. The van der Waals surface area contributed by atoms with Crippen LogP contribution in [-0.4, -0.2) is 45.3 Å². The van der Waals surface area contributed by atoms with Gasteiger partial charge in [0.25, 0.3) is 11.8 Å². The van der Waals surface area contributed by atoms with Gasteiger partial charge in [0.1, 0.15) is 10.1 Å². The second-order valence-electron chi connectivity index (χ2n) is 5.15. The maximum Gasteiger partial charge on any atom is 0.303 e. The van der Waals surface area contributed by atoms with Gasteiger partial charge in [0, 0.05) is 13.0 Å². The van der Waals surface area contributed by atoms with Gasteiger partial charge in [-0.3, -0.25) is 19.3 Å². The van der Waals surface area contributed by atoms with E-state index in [0.29, 0.717) is 21.4 Å². The van der Waals surface area contributed by atoms with E-state index in [9.17, 15) is 14.4 Å². The monoisotopic (exact) mass is 380 g/mol. The molecule has 0 aromatic heterocycles. The molecule has 3 N–H and O–H groups in total. The predicted molar refractivity (Wildman–Crippen MR) is 97.9 cm³/mol. The third kappa shape index (κ3) is 5.57. The van der Waals surface area contributed by atoms with Crippen molar-refractivity contribution < 1.29 is 24.2 Å². The van der Waals surface area contributed by atoms with E-state index >= 15 is 0 Å². The van der Waals surface area contributed by atoms with Crippen LogP contribution in [0.1, 0.15) is 18.4 Å². The largest absolute Gasteiger partial charge is 0.484 e. The zero-order valence-electron chi connectivity index (χ0n) is 13.1. The van der Waals surface area contributed by atoms with Crippen molar-refractivity contribution in [3.63, 3.8) is 0 Å². The summed E-state index contributed by atoms with van der Waals surface area (Å²) in [6.45, 7) is 0.0859. The molecule has 7 nitrogen and oxygen atoms in total. The van der Waals surface area contributed by atoms with Crippen molar-refractivity contribution >= 4 is 52.2 Å². The van der Waals surface area contributed by atoms with E-state index in [2.05, 4.69) is 0 Å². The van der Waals surface area contributed by atoms with Crippen LogP contribution in [0.15, 0.2) is 29.2 Å². The Kier molecular flexibility index (Phi) is 6.54. The lowest BCUT2D eigenvalue weighted by molar-refractivity contribution is -0.137. The molecule has 1 heterocycles. The molecule has 1 saturated heterocycles. The van der Waals surface area contributed by atoms with Crippen LogP contribution >= 0.6 is 24.0 Å². The molecular weight excluding hydrogens is 364 g/mol. The van der Waals surface area contributed by atoms with Crippen molar-refractivity contribution in [1.29, 1.82) is 0 Å². The number of nitrogens with two attached hydrogens (primary N) is 1. The topological polar surface area (TPSA) is 110 Å². The number of carboxylic acid groups (broad SMARTS) is 1. The zero-order valence-corrected chi connectivity index (χ0v) is 14.8. The predicted octanol–water partition coefficient (Wildman–Crippen LogP) is 1.62. The van der Waals surface area contributed by atoms with E-state index in [-0.39, 0.29) is 25.5 Å². The van der Waals surface area contributed by atoms with Crippen molar-refractivity contribution in [2.24, 2.45) is 5.73 Å². The highest BCUT2D eigenvalue weighted by molar-refractivity contribution is 8.26. The minimum atomic E-state index is -0.903. The number of aliphatic carboxylic acids is 1. The molecule has 132 valence electrons. The highest BCUT2D eigenvalue weighted by Gasteiger charge is 2.31. The second kappa shape index (κ2) is 8.63. The Balaban J connectivity index is 2.00. The Hall–Kier alpha value is -2.39. The fourth-order valence-corrected chi connectivity index (χ4v) is 3.36. The third-order valence-corrected chi connectivity index (χ3v) is 4.58. The fourth-order valence-electron chi connectivity index (χ4n) is 2.05. The molecule has 1 fully saturated rings. The van der Waals surface area contributed by atoms with Crippen LogP contribution in [0, 0.1) is 0 Å². The minimum absolute atomic E-state index is 0.0110. The summed E-state index contributed by atoms with van der Waals surface area (Å²) in [7, 11) is 0. The summed E-state index contributed by atoms with van der Waals surface area (Å²) in [4.78, 5) is 35.5. The molecule has 1 aromatic rings. The van der Waals surface area contributed by atoms with Gasteiger partial charge in [-0.2, -0.15) is 0 Å². The molecule has 0 spiro atoms. The molecule has 0 atom stereocenters. The first-order valence-electron chi connectivity index (χ1n) is 7.35. The summed E-state index contributed by atoms with van der Waals surface area (Å²) in [5.74, 6) is -1.19. The van der Waals surface area contributed by atoms with Crippen LogP contribution in [0.25, 0.3) is 6.08 Å². The van der Waals surface area contributed by atoms with Gasteiger partial charge in [-0.05, 0) is 30.2 Å². The van der Waals surface area contributed by atoms with Crippen molar-refractivity contribution in [1.82, 2.24) is 4.90 Å². The van der Waals surface area contributed by atoms with Gasteiger partial charge in [-0.15, -0.1) is 0 Å². The van der Waals surface area contributed by atoms with Gasteiger partial charge in [-0.1, -0.05) is 36.1 Å². The number of amides is 2. The molecule has 1 aliphatic heterocycles. The van der Waals surface area contributed by atoms with Gasteiger partial charge in [0.05, 0.1) is 4.91 Å². The maximum atomic E-state index is 12.4. The number of carbonyl (C=O) groups excluding carboxylic acids is 2. The number of thioether (sulfide) groups is 1. The smallest absolute Gasteiger partial charge is 0.303 e. The molecule has 0 radical (unpaired) electrons. The zero-order chi connectivity index (χ0) is 18.4. The third-order valence-electron chi connectivity index (χ3n) is 3.20. The molecule has 2 rings (SSSR count). The normalized spacial score (nSPS) is 15.7. The number of benzene rings is 1. The Labute approximate surface area is 153 Å². The molecule has 25 heavy (non-hydrogen) atoms. The van der Waals surface area contributed by atoms with Gasteiger partial charge < -0.3 is 15.6 Å². The minimum Gasteiger partial charge on any atom is -0.484 e. The average Bonchev–Trinajstić information content (AvgIpc) is 2.81. The summed E-state index contributed by atoms with van der Waals surface area (Å²) in [5, 5.41) is 8.67. The highest BCUT2D eigenvalue weighted by Crippen LogP contribution is 2.32. The van der Waals surface area contributed by atoms with E-state index < -0.39 is 11.9 Å². The quantitative estimate of drug-likeness (QED) is 0.521. The number of nitrogens with zero attached hydrogens (tertiary/aromatic N) is 1. The van der Waals surface area contributed by atoms with Crippen molar-refractivity contribution in [2.45, 2.75) is 12.8 Å². The van der Waals surface area contributed by atoms with E-state index in [1.54, 1.807) is 30.3 Å². The number of thiocarbonyl (C=S) groups is 1. The second-order valence-corrected chi connectivity index (χ2v) is 6.83.